The van der Waals surface area contributed by atoms with Crippen molar-refractivity contribution in [1.29, 1.82) is 0 Å². The standard InChI is InChI=1S/C15H25N3S/c1-12(2)17-10-13-8-9-16-15(18-13)11-19-14-6-4-3-5-7-14/h8-9,12,14,17H,3-7,10-11H2,1-2H3. The summed E-state index contributed by atoms with van der Waals surface area (Å²) in [4.78, 5) is 9.03. The molecule has 19 heavy (non-hydrogen) atoms. The fourth-order valence-corrected chi connectivity index (χ4v) is 3.53. The van der Waals surface area contributed by atoms with Crippen LogP contribution in [0.5, 0.6) is 0 Å². The maximum atomic E-state index is 4.63. The highest BCUT2D eigenvalue weighted by atomic mass is 32.2. The molecular formula is C15H25N3S. The lowest BCUT2D eigenvalue weighted by Gasteiger charge is -2.20. The van der Waals surface area contributed by atoms with Crippen molar-refractivity contribution in [2.24, 2.45) is 0 Å². The van der Waals surface area contributed by atoms with Crippen molar-refractivity contribution < 1.29 is 0 Å². The first-order chi connectivity index (χ1) is 9.24. The average molecular weight is 279 g/mol. The van der Waals surface area contributed by atoms with Crippen molar-refractivity contribution in [1.82, 2.24) is 15.3 Å². The third-order valence-corrected chi connectivity index (χ3v) is 4.82. The molecular weight excluding hydrogens is 254 g/mol. The highest BCUT2D eigenvalue weighted by molar-refractivity contribution is 7.99. The second-order valence-electron chi connectivity index (χ2n) is 5.57. The molecule has 0 saturated heterocycles. The molecule has 106 valence electrons. The molecule has 1 aromatic rings. The molecule has 4 heteroatoms. The molecule has 0 spiro atoms. The highest BCUT2D eigenvalue weighted by Gasteiger charge is 2.14. The molecule has 1 fully saturated rings. The van der Waals surface area contributed by atoms with E-state index < -0.39 is 0 Å². The van der Waals surface area contributed by atoms with Gasteiger partial charge in [0.25, 0.3) is 0 Å². The van der Waals surface area contributed by atoms with Crippen LogP contribution >= 0.6 is 11.8 Å². The zero-order valence-electron chi connectivity index (χ0n) is 12.1. The van der Waals surface area contributed by atoms with E-state index in [9.17, 15) is 0 Å². The van der Waals surface area contributed by atoms with Gasteiger partial charge in [0.05, 0.1) is 11.4 Å². The van der Waals surface area contributed by atoms with Crippen LogP contribution < -0.4 is 5.32 Å². The summed E-state index contributed by atoms with van der Waals surface area (Å²) in [5.41, 5.74) is 1.10. The Morgan fingerprint density at radius 3 is 2.84 bits per heavy atom. The van der Waals surface area contributed by atoms with Crippen molar-refractivity contribution in [3.8, 4) is 0 Å². The van der Waals surface area contributed by atoms with Crippen LogP contribution in [0.3, 0.4) is 0 Å². The Hall–Kier alpha value is -0.610. The average Bonchev–Trinajstić information content (AvgIpc) is 2.44. The van der Waals surface area contributed by atoms with Crippen molar-refractivity contribution in [2.75, 3.05) is 0 Å². The largest absolute Gasteiger partial charge is 0.309 e. The van der Waals surface area contributed by atoms with Crippen molar-refractivity contribution in [3.63, 3.8) is 0 Å². The number of rotatable bonds is 6. The number of aromatic nitrogens is 2. The molecule has 3 nitrogen and oxygen atoms in total. The Labute approximate surface area is 121 Å². The van der Waals surface area contributed by atoms with E-state index in [1.807, 2.05) is 24.0 Å². The smallest absolute Gasteiger partial charge is 0.138 e. The van der Waals surface area contributed by atoms with Gasteiger partial charge in [0.15, 0.2) is 0 Å². The molecule has 1 heterocycles. The molecule has 0 radical (unpaired) electrons. The molecule has 2 rings (SSSR count). The van der Waals surface area contributed by atoms with Gasteiger partial charge in [0.2, 0.25) is 0 Å². The zero-order valence-corrected chi connectivity index (χ0v) is 12.9. The van der Waals surface area contributed by atoms with E-state index in [2.05, 4.69) is 29.1 Å². The fraction of sp³-hybridized carbons (Fsp3) is 0.733. The molecule has 0 unspecified atom stereocenters. The molecule has 0 atom stereocenters. The number of nitrogens with one attached hydrogen (secondary N) is 1. The summed E-state index contributed by atoms with van der Waals surface area (Å²) in [5.74, 6) is 1.94. The minimum atomic E-state index is 0.495. The van der Waals surface area contributed by atoms with E-state index >= 15 is 0 Å². The SMILES string of the molecule is CC(C)NCc1ccnc(CSC2CCCCC2)n1. The Morgan fingerprint density at radius 1 is 1.32 bits per heavy atom. The third kappa shape index (κ3) is 5.49. The molecule has 1 N–H and O–H groups in total. The summed E-state index contributed by atoms with van der Waals surface area (Å²) in [6, 6.07) is 2.50. The predicted octanol–water partition coefficient (Wildman–Crippen LogP) is 3.54. The molecule has 1 saturated carbocycles. The maximum absolute atomic E-state index is 4.63. The number of nitrogens with zero attached hydrogens (tertiary/aromatic N) is 2. The molecule has 0 amide bonds. The monoisotopic (exact) mass is 279 g/mol. The molecule has 0 bridgehead atoms. The van der Waals surface area contributed by atoms with Gasteiger partial charge >= 0.3 is 0 Å². The quantitative estimate of drug-likeness (QED) is 0.864. The Bertz CT molecular complexity index is 375. The first-order valence-corrected chi connectivity index (χ1v) is 8.44. The predicted molar refractivity (Wildman–Crippen MR) is 82.2 cm³/mol. The minimum Gasteiger partial charge on any atom is -0.309 e. The van der Waals surface area contributed by atoms with Crippen LogP contribution in [0.2, 0.25) is 0 Å². The van der Waals surface area contributed by atoms with Crippen molar-refractivity contribution in [2.45, 2.75) is 69.5 Å². The lowest BCUT2D eigenvalue weighted by Crippen LogP contribution is -2.22. The van der Waals surface area contributed by atoms with Crippen LogP contribution in [0.4, 0.5) is 0 Å². The minimum absolute atomic E-state index is 0.495. The topological polar surface area (TPSA) is 37.8 Å². The van der Waals surface area contributed by atoms with Crippen LogP contribution in [-0.4, -0.2) is 21.3 Å². The second kappa shape index (κ2) is 7.85. The van der Waals surface area contributed by atoms with Crippen LogP contribution in [-0.2, 0) is 12.3 Å². The fourth-order valence-electron chi connectivity index (χ4n) is 2.34. The summed E-state index contributed by atoms with van der Waals surface area (Å²) < 4.78 is 0. The van der Waals surface area contributed by atoms with Crippen LogP contribution in [0, 0.1) is 0 Å². The molecule has 1 aliphatic rings. The van der Waals surface area contributed by atoms with E-state index in [-0.39, 0.29) is 0 Å². The molecule has 1 aliphatic carbocycles. The van der Waals surface area contributed by atoms with Gasteiger partial charge in [-0.05, 0) is 18.9 Å². The Morgan fingerprint density at radius 2 is 2.11 bits per heavy atom. The zero-order chi connectivity index (χ0) is 13.5. The van der Waals surface area contributed by atoms with Crippen LogP contribution in [0.15, 0.2) is 12.3 Å². The van der Waals surface area contributed by atoms with Gasteiger partial charge < -0.3 is 5.32 Å². The first-order valence-electron chi connectivity index (χ1n) is 7.40. The van der Waals surface area contributed by atoms with E-state index in [0.29, 0.717) is 6.04 Å². The van der Waals surface area contributed by atoms with E-state index in [1.54, 1.807) is 0 Å². The summed E-state index contributed by atoms with van der Waals surface area (Å²) in [7, 11) is 0. The van der Waals surface area contributed by atoms with Crippen LogP contribution in [0.1, 0.15) is 57.5 Å². The molecule has 0 aromatic carbocycles. The highest BCUT2D eigenvalue weighted by Crippen LogP contribution is 2.29. The first kappa shape index (κ1) is 14.8. The number of thioether (sulfide) groups is 1. The van der Waals surface area contributed by atoms with Crippen LogP contribution in [0.25, 0.3) is 0 Å². The van der Waals surface area contributed by atoms with E-state index in [0.717, 1.165) is 29.1 Å². The summed E-state index contributed by atoms with van der Waals surface area (Å²) in [5, 5.41) is 4.23. The van der Waals surface area contributed by atoms with Gasteiger partial charge in [0, 0.05) is 24.0 Å². The summed E-state index contributed by atoms with van der Waals surface area (Å²) >= 11 is 2.04. The van der Waals surface area contributed by atoms with Crippen molar-refractivity contribution >= 4 is 11.8 Å². The van der Waals surface area contributed by atoms with Gasteiger partial charge in [-0.3, -0.25) is 0 Å². The van der Waals surface area contributed by atoms with Gasteiger partial charge in [-0.1, -0.05) is 33.1 Å². The third-order valence-electron chi connectivity index (χ3n) is 3.45. The van der Waals surface area contributed by atoms with Gasteiger partial charge in [-0.2, -0.15) is 11.8 Å². The second-order valence-corrected chi connectivity index (χ2v) is 6.86. The van der Waals surface area contributed by atoms with Gasteiger partial charge in [0.1, 0.15) is 5.82 Å². The molecule has 0 aliphatic heterocycles. The van der Waals surface area contributed by atoms with E-state index in [4.69, 9.17) is 0 Å². The number of hydrogen-bond donors (Lipinski definition) is 1. The maximum Gasteiger partial charge on any atom is 0.138 e. The summed E-state index contributed by atoms with van der Waals surface area (Å²) in [6.45, 7) is 5.14. The summed E-state index contributed by atoms with van der Waals surface area (Å²) in [6.07, 6.45) is 8.86. The van der Waals surface area contributed by atoms with Gasteiger partial charge in [-0.25, -0.2) is 9.97 Å². The molecule has 1 aromatic heterocycles. The Kier molecular flexibility index (Phi) is 6.11. The lowest BCUT2D eigenvalue weighted by molar-refractivity contribution is 0.516. The number of hydrogen-bond acceptors (Lipinski definition) is 4. The lowest BCUT2D eigenvalue weighted by atomic mass is 10.0. The normalized spacial score (nSPS) is 17.0. The van der Waals surface area contributed by atoms with Gasteiger partial charge in [-0.15, -0.1) is 0 Å². The van der Waals surface area contributed by atoms with Crippen molar-refractivity contribution in [3.05, 3.63) is 23.8 Å². The Balaban J connectivity index is 1.80. The van der Waals surface area contributed by atoms with E-state index in [1.165, 1.54) is 32.1 Å².